The molecule has 2 atom stereocenters. The summed E-state index contributed by atoms with van der Waals surface area (Å²) in [5.74, 6) is 0.983. The Bertz CT molecular complexity index is 4270. The summed E-state index contributed by atoms with van der Waals surface area (Å²) in [4.78, 5) is 11.8. The van der Waals surface area contributed by atoms with Gasteiger partial charge in [-0.3, -0.25) is 4.99 Å². The van der Waals surface area contributed by atoms with Crippen LogP contribution in [-0.2, 0) is 0 Å². The molecule has 0 radical (unpaired) electrons. The molecular formula is C65H45N3S. The molecule has 3 nitrogen and oxygen atoms in total. The Balaban J connectivity index is 1.04. The molecule has 4 heteroatoms. The molecule has 0 fully saturated rings. The van der Waals surface area contributed by atoms with Gasteiger partial charge in [0.15, 0.2) is 5.84 Å². The molecule has 1 aliphatic heterocycles. The normalized spacial score (nSPS) is 15.7. The predicted octanol–water partition coefficient (Wildman–Crippen LogP) is 17.8. The average molecular weight is 900 g/mol. The molecule has 0 saturated carbocycles. The van der Waals surface area contributed by atoms with Gasteiger partial charge in [-0.2, -0.15) is 0 Å². The SMILES string of the molecule is CC1CCC(c2cc(-n3c4ccccc4c4cc5ccccc5cc43)cc3sc4cc5ccccc5cc4c23)=NC(c2ccc(-c3ccccc3)cc2)=NC1c1cc2ccccc2c2ccccc12. The molecule has 11 aromatic carbocycles. The van der Waals surface area contributed by atoms with E-state index in [1.807, 2.05) is 11.3 Å². The second-order valence-corrected chi connectivity index (χ2v) is 20.0. The van der Waals surface area contributed by atoms with Crippen LogP contribution in [0, 0.1) is 5.92 Å². The van der Waals surface area contributed by atoms with Crippen molar-refractivity contribution in [1.82, 2.24) is 4.57 Å². The van der Waals surface area contributed by atoms with E-state index in [0.717, 1.165) is 35.6 Å². The fourth-order valence-electron chi connectivity index (χ4n) is 11.3. The first-order chi connectivity index (χ1) is 34.1. The van der Waals surface area contributed by atoms with Gasteiger partial charge in [0.25, 0.3) is 0 Å². The fraction of sp³-hybridized carbons (Fsp3) is 0.0769. The van der Waals surface area contributed by atoms with Gasteiger partial charge in [-0.15, -0.1) is 11.3 Å². The largest absolute Gasteiger partial charge is 0.309 e. The lowest BCUT2D eigenvalue weighted by Crippen LogP contribution is -2.18. The number of hydrogen-bond donors (Lipinski definition) is 0. The number of aliphatic imine (C=N–C) groups is 2. The minimum atomic E-state index is -0.110. The van der Waals surface area contributed by atoms with Crippen molar-refractivity contribution in [2.24, 2.45) is 15.9 Å². The zero-order valence-corrected chi connectivity index (χ0v) is 38.9. The molecule has 0 amide bonds. The van der Waals surface area contributed by atoms with Crippen molar-refractivity contribution < 1.29 is 0 Å². The van der Waals surface area contributed by atoms with E-state index in [4.69, 9.17) is 9.98 Å². The van der Waals surface area contributed by atoms with Crippen molar-refractivity contribution in [2.45, 2.75) is 25.8 Å². The summed E-state index contributed by atoms with van der Waals surface area (Å²) in [6.07, 6.45) is 1.72. The van der Waals surface area contributed by atoms with Gasteiger partial charge in [0.1, 0.15) is 0 Å². The molecule has 3 heterocycles. The van der Waals surface area contributed by atoms with Crippen LogP contribution in [0.2, 0.25) is 0 Å². The van der Waals surface area contributed by atoms with Crippen LogP contribution in [0.15, 0.2) is 228 Å². The first-order valence-electron chi connectivity index (χ1n) is 24.1. The van der Waals surface area contributed by atoms with Crippen molar-refractivity contribution in [3.63, 3.8) is 0 Å². The first kappa shape index (κ1) is 39.9. The van der Waals surface area contributed by atoms with E-state index >= 15 is 0 Å². The zero-order chi connectivity index (χ0) is 45.6. The Morgan fingerprint density at radius 1 is 0.449 bits per heavy atom. The lowest BCUT2D eigenvalue weighted by Gasteiger charge is -2.27. The quantitative estimate of drug-likeness (QED) is 0.154. The highest BCUT2D eigenvalue weighted by Gasteiger charge is 2.28. The molecule has 0 spiro atoms. The third kappa shape index (κ3) is 6.62. The van der Waals surface area contributed by atoms with E-state index < -0.39 is 0 Å². The maximum atomic E-state index is 5.88. The predicted molar refractivity (Wildman–Crippen MR) is 296 cm³/mol. The van der Waals surface area contributed by atoms with Gasteiger partial charge in [-0.1, -0.05) is 177 Å². The summed E-state index contributed by atoms with van der Waals surface area (Å²) >= 11 is 1.89. The number of para-hydroxylation sites is 1. The molecule has 326 valence electrons. The van der Waals surface area contributed by atoms with Crippen LogP contribution in [0.3, 0.4) is 0 Å². The first-order valence-corrected chi connectivity index (χ1v) is 24.9. The molecule has 13 aromatic rings. The van der Waals surface area contributed by atoms with E-state index in [1.54, 1.807) is 0 Å². The number of aromatic nitrogens is 1. The lowest BCUT2D eigenvalue weighted by molar-refractivity contribution is 0.449. The van der Waals surface area contributed by atoms with Gasteiger partial charge < -0.3 is 4.57 Å². The number of thiophene rings is 1. The van der Waals surface area contributed by atoms with Crippen molar-refractivity contribution in [3.05, 3.63) is 235 Å². The van der Waals surface area contributed by atoms with Crippen LogP contribution in [0.5, 0.6) is 0 Å². The Morgan fingerprint density at radius 3 is 1.81 bits per heavy atom. The minimum Gasteiger partial charge on any atom is -0.309 e. The molecule has 0 saturated heterocycles. The summed E-state index contributed by atoms with van der Waals surface area (Å²) in [7, 11) is 0. The minimum absolute atomic E-state index is 0.110. The van der Waals surface area contributed by atoms with E-state index in [0.29, 0.717) is 0 Å². The Labute approximate surface area is 404 Å². The van der Waals surface area contributed by atoms with Crippen LogP contribution in [0.25, 0.3) is 102 Å². The average Bonchev–Trinajstić information content (AvgIpc) is 3.92. The monoisotopic (exact) mass is 899 g/mol. The lowest BCUT2D eigenvalue weighted by atomic mass is 9.84. The number of rotatable bonds is 5. The maximum Gasteiger partial charge on any atom is 0.155 e. The zero-order valence-electron chi connectivity index (χ0n) is 38.1. The summed E-state index contributed by atoms with van der Waals surface area (Å²) < 4.78 is 5.03. The standard InChI is InChI=1S/C65H45N3S/c1-40-27-32-58(66-65(43-30-28-42(29-31-43)41-15-3-2-4-16-41)67-64(40)55-35-48-21-9-10-22-50(48)51-23-11-12-24-52(51)55)56-38-49(39-62-63(56)57-34-45-18-6-8-20-47(45)37-61(57)69-62)68-59-26-14-13-25-53(59)54-33-44-17-5-7-19-46(44)36-60(54)68/h2-26,28-31,33-40,64H,27,32H2,1H3. The molecule has 1 aliphatic rings. The molecule has 14 rings (SSSR count). The van der Waals surface area contributed by atoms with Crippen molar-refractivity contribution in [2.75, 3.05) is 0 Å². The number of benzene rings is 11. The number of amidine groups is 1. The van der Waals surface area contributed by atoms with Gasteiger partial charge in [-0.05, 0) is 127 Å². The molecule has 0 aliphatic carbocycles. The van der Waals surface area contributed by atoms with E-state index in [1.165, 1.54) is 107 Å². The van der Waals surface area contributed by atoms with Gasteiger partial charge >= 0.3 is 0 Å². The van der Waals surface area contributed by atoms with Gasteiger partial charge in [0.05, 0.1) is 22.8 Å². The second-order valence-electron chi connectivity index (χ2n) is 18.9. The smallest absolute Gasteiger partial charge is 0.155 e. The molecule has 0 N–H and O–H groups in total. The summed E-state index contributed by atoms with van der Waals surface area (Å²) in [6.45, 7) is 2.40. The highest BCUT2D eigenvalue weighted by Crippen LogP contribution is 2.44. The van der Waals surface area contributed by atoms with Crippen LogP contribution < -0.4 is 0 Å². The van der Waals surface area contributed by atoms with Crippen LogP contribution in [0.1, 0.15) is 42.5 Å². The summed E-state index contributed by atoms with van der Waals surface area (Å²) in [5.41, 5.74) is 10.4. The number of fused-ring (bicyclic) bond motifs is 11. The van der Waals surface area contributed by atoms with E-state index in [2.05, 4.69) is 230 Å². The van der Waals surface area contributed by atoms with Crippen molar-refractivity contribution in [3.8, 4) is 16.8 Å². The summed E-state index contributed by atoms with van der Waals surface area (Å²) in [5, 5.41) is 15.0. The Kier molecular flexibility index (Phi) is 9.25. The second kappa shape index (κ2) is 16.0. The van der Waals surface area contributed by atoms with Crippen LogP contribution >= 0.6 is 11.3 Å². The van der Waals surface area contributed by atoms with E-state index in [9.17, 15) is 0 Å². The molecule has 0 bridgehead atoms. The third-order valence-corrected chi connectivity index (χ3v) is 15.9. The number of hydrogen-bond acceptors (Lipinski definition) is 3. The number of nitrogens with zero attached hydrogens (tertiary/aromatic N) is 3. The van der Waals surface area contributed by atoms with Gasteiger partial charge in [0, 0.05) is 47.8 Å². The molecule has 2 unspecified atom stereocenters. The maximum absolute atomic E-state index is 5.88. The van der Waals surface area contributed by atoms with Crippen molar-refractivity contribution >= 4 is 108 Å². The fourth-order valence-corrected chi connectivity index (χ4v) is 12.5. The summed E-state index contributed by atoms with van der Waals surface area (Å²) in [6, 6.07) is 80.3. The Morgan fingerprint density at radius 2 is 1.04 bits per heavy atom. The van der Waals surface area contributed by atoms with Gasteiger partial charge in [0.2, 0.25) is 0 Å². The van der Waals surface area contributed by atoms with Gasteiger partial charge in [-0.25, -0.2) is 4.99 Å². The molecular weight excluding hydrogens is 855 g/mol. The van der Waals surface area contributed by atoms with Crippen molar-refractivity contribution in [1.29, 1.82) is 0 Å². The molecule has 69 heavy (non-hydrogen) atoms. The van der Waals surface area contributed by atoms with E-state index in [-0.39, 0.29) is 12.0 Å². The van der Waals surface area contributed by atoms with Crippen LogP contribution in [0.4, 0.5) is 0 Å². The highest BCUT2D eigenvalue weighted by molar-refractivity contribution is 7.26. The topological polar surface area (TPSA) is 29.6 Å². The molecule has 2 aromatic heterocycles. The third-order valence-electron chi connectivity index (χ3n) is 14.8. The highest BCUT2D eigenvalue weighted by atomic mass is 32.1. The Hall–Kier alpha value is -8.18. The van der Waals surface area contributed by atoms with Crippen LogP contribution in [-0.4, -0.2) is 16.1 Å².